The van der Waals surface area contributed by atoms with E-state index in [1.807, 2.05) is 0 Å². The number of hydrogen-bond donors (Lipinski definition) is 0. The highest BCUT2D eigenvalue weighted by Gasteiger charge is 2.48. The first kappa shape index (κ1) is 12.3. The second kappa shape index (κ2) is 4.02. The fourth-order valence-electron chi connectivity index (χ4n) is 0.750. The lowest BCUT2D eigenvalue weighted by atomic mass is 10.3. The fraction of sp³-hybridized carbons (Fsp3) is 0.125. The maximum Gasteiger partial charge on any atom is 0.534 e. The quantitative estimate of drug-likeness (QED) is 0.461. The van der Waals surface area contributed by atoms with Gasteiger partial charge in [-0.25, -0.2) is 4.85 Å². The van der Waals surface area contributed by atoms with E-state index in [9.17, 15) is 21.6 Å². The molecule has 1 aromatic carbocycles. The summed E-state index contributed by atoms with van der Waals surface area (Å²) < 4.78 is 60.7. The highest BCUT2D eigenvalue weighted by atomic mass is 32.2. The highest BCUT2D eigenvalue weighted by molar-refractivity contribution is 7.87. The average Bonchev–Trinajstić information content (AvgIpc) is 2.16. The van der Waals surface area contributed by atoms with Gasteiger partial charge in [0.1, 0.15) is 5.75 Å². The fourth-order valence-corrected chi connectivity index (χ4v) is 1.21. The molecule has 0 saturated heterocycles. The van der Waals surface area contributed by atoms with E-state index in [1.165, 1.54) is 0 Å². The summed E-state index contributed by atoms with van der Waals surface area (Å²) in [5.74, 6) is -0.496. The number of nitrogens with zero attached hydrogens (tertiary/aromatic N) is 1. The summed E-state index contributed by atoms with van der Waals surface area (Å²) in [5, 5.41) is 0. The molecule has 1 aromatic rings. The van der Waals surface area contributed by atoms with Crippen LogP contribution in [0.4, 0.5) is 18.9 Å². The van der Waals surface area contributed by atoms with Gasteiger partial charge in [-0.1, -0.05) is 12.1 Å². The van der Waals surface area contributed by atoms with E-state index in [-0.39, 0.29) is 5.69 Å². The van der Waals surface area contributed by atoms with Crippen LogP contribution in [0.3, 0.4) is 0 Å². The first-order valence-corrected chi connectivity index (χ1v) is 5.15. The highest BCUT2D eigenvalue weighted by Crippen LogP contribution is 2.27. The van der Waals surface area contributed by atoms with E-state index < -0.39 is 21.4 Å². The van der Waals surface area contributed by atoms with Crippen molar-refractivity contribution < 1.29 is 25.8 Å². The molecule has 0 saturated carbocycles. The van der Waals surface area contributed by atoms with Gasteiger partial charge >= 0.3 is 15.6 Å². The van der Waals surface area contributed by atoms with Crippen LogP contribution in [0.1, 0.15) is 0 Å². The van der Waals surface area contributed by atoms with Gasteiger partial charge in [0.25, 0.3) is 0 Å². The van der Waals surface area contributed by atoms with Gasteiger partial charge in [0.2, 0.25) is 0 Å². The van der Waals surface area contributed by atoms with Crippen LogP contribution in [0.15, 0.2) is 24.3 Å². The van der Waals surface area contributed by atoms with E-state index in [2.05, 4.69) is 9.03 Å². The Bertz CT molecular complexity index is 513. The largest absolute Gasteiger partial charge is 0.534 e. The van der Waals surface area contributed by atoms with Crippen molar-refractivity contribution in [1.29, 1.82) is 0 Å². The van der Waals surface area contributed by atoms with E-state index in [1.54, 1.807) is 0 Å². The molecule has 0 N–H and O–H groups in total. The molecule has 8 heteroatoms. The summed E-state index contributed by atoms with van der Waals surface area (Å²) in [6.45, 7) is 6.58. The average molecular weight is 251 g/mol. The summed E-state index contributed by atoms with van der Waals surface area (Å²) in [4.78, 5) is 2.98. The summed E-state index contributed by atoms with van der Waals surface area (Å²) in [5.41, 5.74) is -5.30. The van der Waals surface area contributed by atoms with E-state index in [4.69, 9.17) is 6.57 Å². The number of benzene rings is 1. The number of halogens is 3. The van der Waals surface area contributed by atoms with E-state index >= 15 is 0 Å². The van der Waals surface area contributed by atoms with Gasteiger partial charge in [0.05, 0.1) is 6.57 Å². The second-order valence-corrected chi connectivity index (χ2v) is 4.13. The normalized spacial score (nSPS) is 11.9. The first-order valence-electron chi connectivity index (χ1n) is 3.74. The molecule has 0 atom stereocenters. The zero-order valence-electron chi connectivity index (χ0n) is 7.52. The van der Waals surface area contributed by atoms with Crippen LogP contribution >= 0.6 is 0 Å². The third kappa shape index (κ3) is 2.64. The SMILES string of the molecule is [C-]#[N+]c1ccc(OS(=O)(=O)C(F)(F)F)cc1. The van der Waals surface area contributed by atoms with Gasteiger partial charge in [-0.3, -0.25) is 0 Å². The monoisotopic (exact) mass is 251 g/mol. The van der Waals surface area contributed by atoms with Gasteiger partial charge in [-0.15, -0.1) is 0 Å². The molecule has 86 valence electrons. The Morgan fingerprint density at radius 2 is 1.69 bits per heavy atom. The Morgan fingerprint density at radius 3 is 2.06 bits per heavy atom. The maximum atomic E-state index is 11.9. The Morgan fingerprint density at radius 1 is 1.19 bits per heavy atom. The minimum absolute atomic E-state index is 0.164. The van der Waals surface area contributed by atoms with Crippen molar-refractivity contribution in [3.8, 4) is 5.75 Å². The van der Waals surface area contributed by atoms with E-state index in [0.29, 0.717) is 0 Å². The molecule has 16 heavy (non-hydrogen) atoms. The zero-order valence-corrected chi connectivity index (χ0v) is 8.34. The van der Waals surface area contributed by atoms with Crippen molar-refractivity contribution >= 4 is 15.8 Å². The van der Waals surface area contributed by atoms with Gasteiger partial charge in [0.15, 0.2) is 5.69 Å². The van der Waals surface area contributed by atoms with Gasteiger partial charge in [-0.05, 0) is 12.1 Å². The lowest BCUT2D eigenvalue weighted by molar-refractivity contribution is -0.0500. The number of hydrogen-bond acceptors (Lipinski definition) is 3. The molecule has 0 radical (unpaired) electrons. The summed E-state index contributed by atoms with van der Waals surface area (Å²) in [7, 11) is -5.65. The van der Waals surface area contributed by atoms with Crippen LogP contribution in [-0.2, 0) is 10.1 Å². The summed E-state index contributed by atoms with van der Waals surface area (Å²) in [6.07, 6.45) is 0. The molecule has 0 amide bonds. The molecule has 0 spiro atoms. The molecule has 0 fully saturated rings. The van der Waals surface area contributed by atoms with Crippen LogP contribution in [-0.4, -0.2) is 13.9 Å². The van der Waals surface area contributed by atoms with Crippen LogP contribution < -0.4 is 4.18 Å². The molecule has 1 rings (SSSR count). The second-order valence-electron chi connectivity index (χ2n) is 2.59. The molecule has 0 aliphatic carbocycles. The molecular formula is C8H4F3NO3S. The van der Waals surface area contributed by atoms with Crippen molar-refractivity contribution in [3.63, 3.8) is 0 Å². The van der Waals surface area contributed by atoms with Crippen LogP contribution in [0, 0.1) is 6.57 Å². The zero-order chi connectivity index (χ0) is 12.4. The molecule has 0 aliphatic heterocycles. The lowest BCUT2D eigenvalue weighted by Gasteiger charge is -2.08. The first-order chi connectivity index (χ1) is 7.26. The predicted molar refractivity (Wildman–Crippen MR) is 48.3 cm³/mol. The van der Waals surface area contributed by atoms with Crippen molar-refractivity contribution in [1.82, 2.24) is 0 Å². The molecule has 0 aliphatic rings. The third-order valence-corrected chi connectivity index (χ3v) is 2.43. The van der Waals surface area contributed by atoms with Crippen molar-refractivity contribution in [2.75, 3.05) is 0 Å². The third-order valence-electron chi connectivity index (χ3n) is 1.46. The van der Waals surface area contributed by atoms with Crippen molar-refractivity contribution in [2.45, 2.75) is 5.51 Å². The summed E-state index contributed by atoms with van der Waals surface area (Å²) in [6, 6.07) is 4.23. The molecule has 4 nitrogen and oxygen atoms in total. The Balaban J connectivity index is 2.95. The topological polar surface area (TPSA) is 47.7 Å². The van der Waals surface area contributed by atoms with Gasteiger partial charge in [0, 0.05) is 0 Å². The maximum absolute atomic E-state index is 11.9. The minimum atomic E-state index is -5.65. The van der Waals surface area contributed by atoms with Gasteiger partial charge in [-0.2, -0.15) is 21.6 Å². The Kier molecular flexibility index (Phi) is 3.09. The number of alkyl halides is 3. The predicted octanol–water partition coefficient (Wildman–Crippen LogP) is 2.47. The number of rotatable bonds is 2. The van der Waals surface area contributed by atoms with E-state index in [0.717, 1.165) is 24.3 Å². The van der Waals surface area contributed by atoms with Crippen LogP contribution in [0.2, 0.25) is 0 Å². The lowest BCUT2D eigenvalue weighted by Crippen LogP contribution is -2.27. The Labute approximate surface area is 89.2 Å². The smallest absolute Gasteiger partial charge is 0.376 e. The van der Waals surface area contributed by atoms with Crippen LogP contribution in [0.5, 0.6) is 5.75 Å². The molecular weight excluding hydrogens is 247 g/mol. The van der Waals surface area contributed by atoms with Crippen molar-refractivity contribution in [3.05, 3.63) is 35.7 Å². The van der Waals surface area contributed by atoms with Crippen LogP contribution in [0.25, 0.3) is 4.85 Å². The standard InChI is InChI=1S/C8H4F3NO3S/c1-12-6-2-4-7(5-3-6)15-16(13,14)8(9,10)11/h2-5H. The van der Waals surface area contributed by atoms with Crippen molar-refractivity contribution in [2.24, 2.45) is 0 Å². The van der Waals surface area contributed by atoms with Gasteiger partial charge < -0.3 is 4.18 Å². The summed E-state index contributed by atoms with van der Waals surface area (Å²) >= 11 is 0. The minimum Gasteiger partial charge on any atom is -0.376 e. The molecule has 0 aromatic heterocycles. The Hall–Kier alpha value is -1.75. The molecule has 0 heterocycles. The molecule has 0 unspecified atom stereocenters. The molecule has 0 bridgehead atoms.